The summed E-state index contributed by atoms with van der Waals surface area (Å²) in [4.78, 5) is 64.0. The first-order chi connectivity index (χ1) is 22.7. The Morgan fingerprint density at radius 1 is 0.915 bits per heavy atom. The van der Waals surface area contributed by atoms with E-state index in [1.54, 1.807) is 35.4 Å². The van der Waals surface area contributed by atoms with Gasteiger partial charge in [0.1, 0.15) is 6.17 Å². The molecule has 0 radical (unpaired) electrons. The molecule has 1 aromatic carbocycles. The topological polar surface area (TPSA) is 102 Å². The second-order valence-corrected chi connectivity index (χ2v) is 15.0. The second-order valence-electron chi connectivity index (χ2n) is 15.0. The molecule has 1 amide bonds. The van der Waals surface area contributed by atoms with Crippen molar-refractivity contribution in [2.45, 2.75) is 81.1 Å². The Hall–Kier alpha value is -2.99. The fourth-order valence-corrected chi connectivity index (χ4v) is 9.84. The van der Waals surface area contributed by atoms with Crippen LogP contribution in [0.15, 0.2) is 36.0 Å². The lowest BCUT2D eigenvalue weighted by molar-refractivity contribution is -0.203. The number of amides is 1. The molecule has 0 bridgehead atoms. The fourth-order valence-electron chi connectivity index (χ4n) is 9.84. The zero-order chi connectivity index (χ0) is 32.6. The Morgan fingerprint density at radius 3 is 2.30 bits per heavy atom. The minimum absolute atomic E-state index is 0.0163. The number of hydrogen-bond acceptors (Lipinski definition) is 9. The van der Waals surface area contributed by atoms with E-state index in [9.17, 15) is 19.2 Å². The Morgan fingerprint density at radius 2 is 1.62 bits per heavy atom. The smallest absolute Gasteiger partial charge is 0.259 e. The maximum Gasteiger partial charge on any atom is 0.259 e. The molecule has 1 aromatic rings. The number of ether oxygens (including phenoxy) is 1. The van der Waals surface area contributed by atoms with Crippen molar-refractivity contribution in [1.82, 2.24) is 24.9 Å². The highest BCUT2D eigenvalue weighted by molar-refractivity contribution is 6.20. The largest absolute Gasteiger partial charge is 0.369 e. The molecule has 2 saturated carbocycles. The van der Waals surface area contributed by atoms with Crippen molar-refractivity contribution in [2.75, 3.05) is 53.4 Å². The molecule has 10 unspecified atom stereocenters. The van der Waals surface area contributed by atoms with Crippen LogP contribution in [-0.4, -0.2) is 139 Å². The molecule has 4 heterocycles. The van der Waals surface area contributed by atoms with Crippen LogP contribution in [0.4, 0.5) is 4.39 Å². The van der Waals surface area contributed by atoms with Crippen LogP contribution in [0.3, 0.4) is 0 Å². The van der Waals surface area contributed by atoms with Crippen molar-refractivity contribution in [2.24, 2.45) is 17.8 Å². The van der Waals surface area contributed by atoms with E-state index in [-0.39, 0.29) is 41.3 Å². The summed E-state index contributed by atoms with van der Waals surface area (Å²) in [6.45, 7) is 4.21. The lowest BCUT2D eigenvalue weighted by atomic mass is 9.63. The van der Waals surface area contributed by atoms with Gasteiger partial charge in [-0.05, 0) is 65.7 Å². The zero-order valence-corrected chi connectivity index (χ0v) is 27.4. The number of Topliss-reactive ketones (excluding diaryl/α,β-unsaturated/α-hetero) is 3. The fraction of sp³-hybridized carbons (Fsp3) is 0.667. The molecule has 11 heteroatoms. The average molecular weight is 648 g/mol. The predicted octanol–water partition coefficient (Wildman–Crippen LogP) is 1.94. The summed E-state index contributed by atoms with van der Waals surface area (Å²) in [5, 5.41) is 3.51. The van der Waals surface area contributed by atoms with Gasteiger partial charge >= 0.3 is 0 Å². The summed E-state index contributed by atoms with van der Waals surface area (Å²) >= 11 is 0. The van der Waals surface area contributed by atoms with Crippen molar-refractivity contribution >= 4 is 23.3 Å². The summed E-state index contributed by atoms with van der Waals surface area (Å²) < 4.78 is 23.2. The van der Waals surface area contributed by atoms with Crippen LogP contribution in [-0.2, 0) is 14.3 Å². The Bertz CT molecular complexity index is 1490. The zero-order valence-electron chi connectivity index (χ0n) is 27.4. The second kappa shape index (κ2) is 12.2. The Balaban J connectivity index is 1.13. The SMILES string of the molecule is CN1CCN(C(=O)C2=CN3C4CC5C(=O)c6ccccc6C(=O)C5CC4OC4C(NCCC5CCCN5C)C(F)CC(C2=O)C43)CC1. The first-order valence-corrected chi connectivity index (χ1v) is 17.6. The number of morpholine rings is 1. The minimum atomic E-state index is -1.33. The molecular formula is C36H46FN5O5. The molecule has 3 saturated heterocycles. The van der Waals surface area contributed by atoms with Crippen LogP contribution in [0.2, 0.25) is 0 Å². The van der Waals surface area contributed by atoms with Crippen molar-refractivity contribution in [3.63, 3.8) is 0 Å². The van der Waals surface area contributed by atoms with E-state index in [1.807, 2.05) is 7.05 Å². The number of alkyl halides is 1. The molecule has 10 nitrogen and oxygen atoms in total. The lowest BCUT2D eigenvalue weighted by Crippen LogP contribution is -2.74. The van der Waals surface area contributed by atoms with Crippen LogP contribution < -0.4 is 5.32 Å². The van der Waals surface area contributed by atoms with Gasteiger partial charge in [0, 0.05) is 67.3 Å². The van der Waals surface area contributed by atoms with Crippen LogP contribution in [0.1, 0.15) is 59.2 Å². The van der Waals surface area contributed by atoms with Gasteiger partial charge < -0.3 is 29.7 Å². The molecule has 0 aromatic heterocycles. The molecule has 4 aliphatic heterocycles. The maximum absolute atomic E-state index is 16.3. The quantitative estimate of drug-likeness (QED) is 0.481. The van der Waals surface area contributed by atoms with Gasteiger partial charge in [0.25, 0.3) is 5.91 Å². The molecule has 1 N–H and O–H groups in total. The number of ketones is 3. The number of likely N-dealkylation sites (N-methyl/N-ethyl adjacent to an activating group) is 1. The standard InChI is InChI=1S/C36H46FN5O5/c1-39-12-14-41(15-13-39)36(46)26-19-42-28-17-23-24(33(44)22-8-4-3-7-21(22)32(23)43)18-29(28)47-35-30(27(37)16-25(31(35)42)34(26)45)38-10-9-20-6-5-11-40(20)2/h3-4,7-8,19-20,23-25,27-31,35,38H,5-6,9-18H2,1-2H3. The number of hydrogen-bond donors (Lipinski definition) is 1. The number of carbonyl (C=O) groups excluding carboxylic acids is 4. The van der Waals surface area contributed by atoms with Gasteiger partial charge in [-0.15, -0.1) is 0 Å². The van der Waals surface area contributed by atoms with Gasteiger partial charge in [-0.3, -0.25) is 19.2 Å². The van der Waals surface area contributed by atoms with Crippen LogP contribution >= 0.6 is 0 Å². The summed E-state index contributed by atoms with van der Waals surface area (Å²) in [5.41, 5.74) is 1.04. The number of nitrogens with zero attached hydrogens (tertiary/aromatic N) is 4. The molecule has 47 heavy (non-hydrogen) atoms. The number of carbonyl (C=O) groups is 4. The van der Waals surface area contributed by atoms with E-state index in [1.165, 1.54) is 6.42 Å². The molecule has 0 spiro atoms. The number of rotatable bonds is 5. The van der Waals surface area contributed by atoms with E-state index < -0.39 is 48.2 Å². The van der Waals surface area contributed by atoms with Crippen molar-refractivity contribution in [1.29, 1.82) is 0 Å². The number of piperazine rings is 1. The monoisotopic (exact) mass is 647 g/mol. The van der Waals surface area contributed by atoms with Gasteiger partial charge in [0.05, 0.1) is 35.9 Å². The van der Waals surface area contributed by atoms with E-state index in [4.69, 9.17) is 4.74 Å². The van der Waals surface area contributed by atoms with Crippen molar-refractivity contribution in [3.05, 3.63) is 47.2 Å². The Labute approximate surface area is 275 Å². The minimum Gasteiger partial charge on any atom is -0.369 e. The highest BCUT2D eigenvalue weighted by Crippen LogP contribution is 2.50. The summed E-state index contributed by atoms with van der Waals surface area (Å²) in [7, 11) is 4.15. The number of halogens is 1. The van der Waals surface area contributed by atoms with Crippen LogP contribution in [0, 0.1) is 17.8 Å². The van der Waals surface area contributed by atoms with Crippen molar-refractivity contribution in [3.8, 4) is 0 Å². The molecule has 3 aliphatic carbocycles. The molecular weight excluding hydrogens is 601 g/mol. The normalized spacial score (nSPS) is 38.8. The van der Waals surface area contributed by atoms with Gasteiger partial charge in [-0.25, -0.2) is 4.39 Å². The van der Waals surface area contributed by atoms with Gasteiger partial charge in [-0.2, -0.15) is 0 Å². The number of likely N-dealkylation sites (tertiary alicyclic amines) is 1. The van der Waals surface area contributed by atoms with Crippen molar-refractivity contribution < 1.29 is 28.3 Å². The highest BCUT2D eigenvalue weighted by atomic mass is 19.1. The van der Waals surface area contributed by atoms with E-state index >= 15 is 4.39 Å². The molecule has 10 atom stereocenters. The number of nitrogens with one attached hydrogen (secondary N) is 1. The first kappa shape index (κ1) is 31.3. The third kappa shape index (κ3) is 5.19. The van der Waals surface area contributed by atoms with Crippen LogP contribution in [0.5, 0.6) is 0 Å². The number of fused-ring (bicyclic) bond motifs is 4. The molecule has 5 fully saturated rings. The average Bonchev–Trinajstić information content (AvgIpc) is 3.49. The third-order valence-electron chi connectivity index (χ3n) is 12.5. The predicted molar refractivity (Wildman–Crippen MR) is 172 cm³/mol. The summed E-state index contributed by atoms with van der Waals surface area (Å²) in [6, 6.07) is 6.11. The van der Waals surface area contributed by atoms with Gasteiger partial charge in [0.15, 0.2) is 17.3 Å². The molecule has 7 aliphatic rings. The third-order valence-corrected chi connectivity index (χ3v) is 12.5. The van der Waals surface area contributed by atoms with Gasteiger partial charge in [0.2, 0.25) is 0 Å². The van der Waals surface area contributed by atoms with E-state index in [0.717, 1.165) is 32.5 Å². The maximum atomic E-state index is 16.3. The van der Waals surface area contributed by atoms with Crippen LogP contribution in [0.25, 0.3) is 0 Å². The highest BCUT2D eigenvalue weighted by Gasteiger charge is 2.61. The first-order valence-electron chi connectivity index (χ1n) is 17.6. The molecule has 252 valence electrons. The van der Waals surface area contributed by atoms with E-state index in [2.05, 4.69) is 27.1 Å². The summed E-state index contributed by atoms with van der Waals surface area (Å²) in [5.74, 6) is -2.42. The number of benzene rings is 1. The van der Waals surface area contributed by atoms with Gasteiger partial charge in [-0.1, -0.05) is 24.3 Å². The molecule has 8 rings (SSSR count). The van der Waals surface area contributed by atoms with E-state index in [0.29, 0.717) is 49.6 Å². The lowest BCUT2D eigenvalue weighted by Gasteiger charge is -2.60. The summed E-state index contributed by atoms with van der Waals surface area (Å²) in [6.07, 6.45) is 3.27. The Kier molecular flexibility index (Phi) is 8.09.